The third-order valence-electron chi connectivity index (χ3n) is 7.15. The third-order valence-corrected chi connectivity index (χ3v) is 7.15. The van der Waals surface area contributed by atoms with Crippen LogP contribution < -0.4 is 5.32 Å². The van der Waals surface area contributed by atoms with E-state index in [0.717, 1.165) is 51.6 Å². The summed E-state index contributed by atoms with van der Waals surface area (Å²) in [7, 11) is 0. The molecule has 4 saturated heterocycles. The highest BCUT2D eigenvalue weighted by Gasteiger charge is 2.53. The molecule has 0 aliphatic carbocycles. The first-order chi connectivity index (χ1) is 12.9. The lowest BCUT2D eigenvalue weighted by Crippen LogP contribution is -2.58. The van der Waals surface area contributed by atoms with E-state index in [0.29, 0.717) is 30.7 Å². The van der Waals surface area contributed by atoms with Gasteiger partial charge in [-0.2, -0.15) is 0 Å². The normalized spacial score (nSPS) is 35.4. The monoisotopic (exact) mass is 379 g/mol. The number of hydrogen-bond donors (Lipinski definition) is 1. The molecule has 0 radical (unpaired) electrons. The molecule has 3 atom stereocenters. The Morgan fingerprint density at radius 1 is 1.22 bits per heavy atom. The summed E-state index contributed by atoms with van der Waals surface area (Å²) in [5.41, 5.74) is -0.341. The fraction of sp³-hybridized carbons (Fsp3) is 0.900. The van der Waals surface area contributed by atoms with E-state index in [-0.39, 0.29) is 23.8 Å². The number of amides is 2. The van der Waals surface area contributed by atoms with Crippen LogP contribution >= 0.6 is 0 Å². The van der Waals surface area contributed by atoms with Crippen molar-refractivity contribution in [2.45, 2.75) is 89.1 Å². The molecular weight excluding hydrogens is 346 g/mol. The maximum absolute atomic E-state index is 12.3. The number of nitrogens with one attached hydrogen (secondary N) is 1. The van der Waals surface area contributed by atoms with Crippen LogP contribution in [-0.2, 0) is 9.47 Å². The van der Waals surface area contributed by atoms with E-state index in [1.54, 1.807) is 0 Å². The minimum atomic E-state index is -0.341. The second-order valence-electron chi connectivity index (χ2n) is 8.97. The van der Waals surface area contributed by atoms with Crippen LogP contribution in [0.5, 0.6) is 0 Å². The standard InChI is InChI=1S/C20H33N3O4/c1-4-26-19(25)23-14-5-6-15(23)12-16(11-14)22-9-7-20(8-10-22)17(13(2)3)21-18(24)27-20/h13-17H,4-12H2,1-3H3,(H,21,24). The fourth-order valence-corrected chi connectivity index (χ4v) is 5.93. The van der Waals surface area contributed by atoms with Gasteiger partial charge in [-0.3, -0.25) is 4.90 Å². The van der Waals surface area contributed by atoms with Crippen molar-refractivity contribution in [2.75, 3.05) is 19.7 Å². The van der Waals surface area contributed by atoms with Gasteiger partial charge in [-0.25, -0.2) is 9.59 Å². The Morgan fingerprint density at radius 3 is 2.41 bits per heavy atom. The molecule has 4 rings (SSSR count). The topological polar surface area (TPSA) is 71.1 Å². The van der Waals surface area contributed by atoms with Crippen molar-refractivity contribution in [3.8, 4) is 0 Å². The largest absolute Gasteiger partial charge is 0.450 e. The highest BCUT2D eigenvalue weighted by molar-refractivity contribution is 5.71. The molecule has 2 amide bonds. The Bertz CT molecular complexity index is 574. The Labute approximate surface area is 161 Å². The van der Waals surface area contributed by atoms with Gasteiger partial charge in [0.2, 0.25) is 0 Å². The van der Waals surface area contributed by atoms with E-state index in [1.807, 2.05) is 11.8 Å². The number of likely N-dealkylation sites (tertiary alicyclic amines) is 1. The van der Waals surface area contributed by atoms with Crippen molar-refractivity contribution in [3.63, 3.8) is 0 Å². The summed E-state index contributed by atoms with van der Waals surface area (Å²) in [6.07, 6.45) is 5.64. The quantitative estimate of drug-likeness (QED) is 0.816. The Kier molecular flexibility index (Phi) is 4.99. The zero-order valence-corrected chi connectivity index (χ0v) is 16.8. The Morgan fingerprint density at radius 2 is 1.85 bits per heavy atom. The van der Waals surface area contributed by atoms with Crippen LogP contribution in [0.1, 0.15) is 59.3 Å². The highest BCUT2D eigenvalue weighted by Crippen LogP contribution is 2.42. The van der Waals surface area contributed by atoms with Crippen LogP contribution in [0.15, 0.2) is 0 Å². The molecule has 7 nitrogen and oxygen atoms in total. The minimum absolute atomic E-state index is 0.106. The number of ether oxygens (including phenoxy) is 2. The Hall–Kier alpha value is -1.50. The van der Waals surface area contributed by atoms with E-state index in [2.05, 4.69) is 24.1 Å². The van der Waals surface area contributed by atoms with Gasteiger partial charge in [0.05, 0.1) is 12.6 Å². The number of nitrogens with zero attached hydrogens (tertiary/aromatic N) is 2. The van der Waals surface area contributed by atoms with Gasteiger partial charge in [-0.05, 0) is 38.5 Å². The number of fused-ring (bicyclic) bond motifs is 2. The first kappa shape index (κ1) is 18.8. The van der Waals surface area contributed by atoms with E-state index in [4.69, 9.17) is 9.47 Å². The molecule has 4 aliphatic heterocycles. The van der Waals surface area contributed by atoms with Gasteiger partial charge in [-0.1, -0.05) is 13.8 Å². The van der Waals surface area contributed by atoms with Gasteiger partial charge in [-0.15, -0.1) is 0 Å². The number of hydrogen-bond acceptors (Lipinski definition) is 5. The van der Waals surface area contributed by atoms with Crippen LogP contribution in [0.3, 0.4) is 0 Å². The van der Waals surface area contributed by atoms with Gasteiger partial charge in [0.15, 0.2) is 0 Å². The van der Waals surface area contributed by atoms with Crippen LogP contribution in [0.2, 0.25) is 0 Å². The second-order valence-corrected chi connectivity index (χ2v) is 8.97. The number of piperidine rings is 2. The maximum Gasteiger partial charge on any atom is 0.410 e. The van der Waals surface area contributed by atoms with Gasteiger partial charge in [0.1, 0.15) is 5.60 Å². The summed E-state index contributed by atoms with van der Waals surface area (Å²) in [6, 6.07) is 1.26. The molecule has 152 valence electrons. The first-order valence-corrected chi connectivity index (χ1v) is 10.6. The summed E-state index contributed by atoms with van der Waals surface area (Å²) in [5.74, 6) is 0.367. The van der Waals surface area contributed by atoms with Crippen molar-refractivity contribution in [1.82, 2.24) is 15.1 Å². The molecule has 0 aromatic rings. The molecule has 3 unspecified atom stereocenters. The van der Waals surface area contributed by atoms with Crippen molar-refractivity contribution in [1.29, 1.82) is 0 Å². The lowest BCUT2D eigenvalue weighted by Gasteiger charge is -2.47. The average molecular weight is 380 g/mol. The molecule has 7 heteroatoms. The smallest absolute Gasteiger partial charge is 0.410 e. The van der Waals surface area contributed by atoms with Crippen molar-refractivity contribution < 1.29 is 19.1 Å². The highest BCUT2D eigenvalue weighted by atomic mass is 16.6. The molecule has 27 heavy (non-hydrogen) atoms. The van der Waals surface area contributed by atoms with Crippen molar-refractivity contribution >= 4 is 12.2 Å². The summed E-state index contributed by atoms with van der Waals surface area (Å²) < 4.78 is 11.1. The van der Waals surface area contributed by atoms with E-state index < -0.39 is 0 Å². The zero-order chi connectivity index (χ0) is 19.2. The van der Waals surface area contributed by atoms with E-state index >= 15 is 0 Å². The van der Waals surface area contributed by atoms with Gasteiger partial charge in [0.25, 0.3) is 0 Å². The molecular formula is C20H33N3O4. The average Bonchev–Trinajstić information content (AvgIpc) is 3.09. The second kappa shape index (κ2) is 7.15. The molecule has 1 spiro atoms. The molecule has 4 aliphatic rings. The number of alkyl carbamates (subject to hydrolysis) is 1. The van der Waals surface area contributed by atoms with Gasteiger partial charge >= 0.3 is 12.2 Å². The van der Waals surface area contributed by atoms with Gasteiger partial charge in [0, 0.05) is 44.1 Å². The van der Waals surface area contributed by atoms with Crippen LogP contribution in [0, 0.1) is 5.92 Å². The molecule has 0 aromatic carbocycles. The molecule has 1 N–H and O–H groups in total. The van der Waals surface area contributed by atoms with Gasteiger partial charge < -0.3 is 19.7 Å². The predicted molar refractivity (Wildman–Crippen MR) is 100 cm³/mol. The number of rotatable bonds is 3. The van der Waals surface area contributed by atoms with Crippen LogP contribution in [-0.4, -0.2) is 71.5 Å². The first-order valence-electron chi connectivity index (χ1n) is 10.6. The predicted octanol–water partition coefficient (Wildman–Crippen LogP) is 2.74. The summed E-state index contributed by atoms with van der Waals surface area (Å²) in [5, 5.41) is 3.02. The van der Waals surface area contributed by atoms with Crippen LogP contribution in [0.25, 0.3) is 0 Å². The molecule has 0 aromatic heterocycles. The molecule has 4 fully saturated rings. The molecule has 4 heterocycles. The zero-order valence-electron chi connectivity index (χ0n) is 16.8. The lowest BCUT2D eigenvalue weighted by molar-refractivity contribution is -0.0453. The molecule has 2 bridgehead atoms. The van der Waals surface area contributed by atoms with E-state index in [9.17, 15) is 9.59 Å². The number of carbonyl (C=O) groups is 2. The Balaban J connectivity index is 1.37. The molecule has 0 saturated carbocycles. The summed E-state index contributed by atoms with van der Waals surface area (Å²) >= 11 is 0. The van der Waals surface area contributed by atoms with Crippen molar-refractivity contribution in [2.24, 2.45) is 5.92 Å². The van der Waals surface area contributed by atoms with Crippen molar-refractivity contribution in [3.05, 3.63) is 0 Å². The van der Waals surface area contributed by atoms with Crippen LogP contribution in [0.4, 0.5) is 9.59 Å². The third kappa shape index (κ3) is 3.28. The van der Waals surface area contributed by atoms with E-state index in [1.165, 1.54) is 0 Å². The summed E-state index contributed by atoms with van der Waals surface area (Å²) in [4.78, 5) is 28.7. The summed E-state index contributed by atoms with van der Waals surface area (Å²) in [6.45, 7) is 8.53. The number of carbonyl (C=O) groups excluding carboxylic acids is 2. The maximum atomic E-state index is 12.3. The minimum Gasteiger partial charge on any atom is -0.450 e. The lowest BCUT2D eigenvalue weighted by atomic mass is 9.79. The fourth-order valence-electron chi connectivity index (χ4n) is 5.93. The SMILES string of the molecule is CCOC(=O)N1C2CCC1CC(N1CCC3(CC1)OC(=O)NC3C(C)C)C2.